The van der Waals surface area contributed by atoms with E-state index in [1.807, 2.05) is 0 Å². The Morgan fingerprint density at radius 2 is 1.33 bits per heavy atom. The van der Waals surface area contributed by atoms with Gasteiger partial charge in [-0.15, -0.1) is 0 Å². The maximum atomic E-state index is 5.64. The lowest BCUT2D eigenvalue weighted by atomic mass is 10.1. The van der Waals surface area contributed by atoms with E-state index in [4.69, 9.17) is 4.74 Å². The van der Waals surface area contributed by atoms with Crippen LogP contribution in [0.1, 0.15) is 16.7 Å². The second-order valence-corrected chi connectivity index (χ2v) is 8.68. The summed E-state index contributed by atoms with van der Waals surface area (Å²) in [5.74, 6) is 3.16. The molecule has 3 aromatic rings. The van der Waals surface area contributed by atoms with Gasteiger partial charge < -0.3 is 4.74 Å². The van der Waals surface area contributed by atoms with Crippen molar-refractivity contribution in [1.29, 1.82) is 0 Å². The molecule has 0 bridgehead atoms. The third-order valence-corrected chi connectivity index (χ3v) is 6.93. The fourth-order valence-corrected chi connectivity index (χ4v) is 5.47. The summed E-state index contributed by atoms with van der Waals surface area (Å²) in [6.45, 7) is 2.22. The van der Waals surface area contributed by atoms with Crippen molar-refractivity contribution in [2.24, 2.45) is 0 Å². The van der Waals surface area contributed by atoms with Crippen molar-refractivity contribution in [3.63, 3.8) is 0 Å². The molecule has 1 aromatic carbocycles. The molecule has 2 aromatic heterocycles. The van der Waals surface area contributed by atoms with Crippen LogP contribution in [0.25, 0.3) is 0 Å². The highest BCUT2D eigenvalue weighted by Gasteiger charge is 2.15. The van der Waals surface area contributed by atoms with Gasteiger partial charge in [-0.1, -0.05) is 0 Å². The van der Waals surface area contributed by atoms with Crippen LogP contribution in [-0.2, 0) is 11.5 Å². The Morgan fingerprint density at radius 1 is 0.810 bits per heavy atom. The molecule has 0 radical (unpaired) electrons. The van der Waals surface area contributed by atoms with Crippen molar-refractivity contribution >= 4 is 20.9 Å². The van der Waals surface area contributed by atoms with Gasteiger partial charge in [-0.3, -0.25) is 0 Å². The predicted octanol–water partition coefficient (Wildman–Crippen LogP) is 5.60. The first kappa shape index (κ1) is 14.4. The molecule has 0 atom stereocenters. The van der Waals surface area contributed by atoms with Gasteiger partial charge in [0.2, 0.25) is 0 Å². The zero-order chi connectivity index (χ0) is 14.7. The van der Waals surface area contributed by atoms with Crippen LogP contribution in [0.15, 0.2) is 57.9 Å². The van der Waals surface area contributed by atoms with Gasteiger partial charge in [0.05, 0.1) is 7.11 Å². The van der Waals surface area contributed by atoms with Crippen LogP contribution in [0.5, 0.6) is 5.75 Å². The highest BCUT2D eigenvalue weighted by molar-refractivity contribution is 7.28. The van der Waals surface area contributed by atoms with E-state index in [1.165, 1.54) is 16.7 Å². The van der Waals surface area contributed by atoms with Gasteiger partial charge in [0, 0.05) is 11.1 Å². The molecule has 3 rings (SSSR count). The molecular formula is C18H20OS2+2. The van der Waals surface area contributed by atoms with E-state index in [0.29, 0.717) is 0 Å². The fourth-order valence-electron chi connectivity index (χ4n) is 2.48. The zero-order valence-electron chi connectivity index (χ0n) is 12.4. The summed E-state index contributed by atoms with van der Waals surface area (Å²) in [5, 5.41) is 9.13. The normalized spacial score (nSPS) is 10.8. The maximum Gasteiger partial charge on any atom is 0.156 e. The third kappa shape index (κ3) is 3.36. The van der Waals surface area contributed by atoms with Crippen molar-refractivity contribution in [2.75, 3.05) is 7.11 Å². The monoisotopic (exact) mass is 316 g/mol. The molecule has 0 fully saturated rings. The van der Waals surface area contributed by atoms with Crippen LogP contribution in [0.2, 0.25) is 0 Å². The summed E-state index contributed by atoms with van der Waals surface area (Å²) >= 11 is 0. The zero-order valence-corrected chi connectivity index (χ0v) is 14.0. The molecule has 0 spiro atoms. The van der Waals surface area contributed by atoms with Crippen molar-refractivity contribution in [3.8, 4) is 5.75 Å². The van der Waals surface area contributed by atoms with Gasteiger partial charge in [0.1, 0.15) is 27.3 Å². The first-order valence-corrected chi connectivity index (χ1v) is 10.0. The standard InChI is InChI=1S/C18H20OS2/c1-15-11-17(14-21-9-5-6-10-21)18(19-2)12-16(15)13-20-7-3-4-8-20/h3-12H,13-14H2,1-2H3/q+2. The van der Waals surface area contributed by atoms with Crippen LogP contribution >= 0.6 is 20.9 Å². The van der Waals surface area contributed by atoms with Crippen LogP contribution in [0.4, 0.5) is 0 Å². The number of thiophene rings is 2. The highest BCUT2D eigenvalue weighted by atomic mass is 32.2. The topological polar surface area (TPSA) is 9.23 Å². The van der Waals surface area contributed by atoms with Crippen molar-refractivity contribution < 1.29 is 4.74 Å². The Labute approximate surface area is 131 Å². The smallest absolute Gasteiger partial charge is 0.156 e. The number of rotatable bonds is 5. The summed E-state index contributed by atoms with van der Waals surface area (Å²) in [6, 6.07) is 13.1. The van der Waals surface area contributed by atoms with E-state index in [-0.39, 0.29) is 20.9 Å². The lowest BCUT2D eigenvalue weighted by molar-refractivity contribution is 0.411. The second-order valence-electron chi connectivity index (χ2n) is 5.13. The van der Waals surface area contributed by atoms with Gasteiger partial charge >= 0.3 is 0 Å². The summed E-state index contributed by atoms with van der Waals surface area (Å²) in [5.41, 5.74) is 4.10. The number of hydrogen-bond donors (Lipinski definition) is 0. The molecule has 21 heavy (non-hydrogen) atoms. The van der Waals surface area contributed by atoms with Crippen LogP contribution in [0, 0.1) is 6.92 Å². The number of ether oxygens (including phenoxy) is 1. The Balaban J connectivity index is 1.90. The Hall–Kier alpha value is -1.58. The van der Waals surface area contributed by atoms with Gasteiger partial charge in [0.25, 0.3) is 0 Å². The van der Waals surface area contributed by atoms with E-state index in [0.717, 1.165) is 17.3 Å². The molecule has 0 saturated heterocycles. The minimum atomic E-state index is 0.229. The Kier molecular flexibility index (Phi) is 4.42. The summed E-state index contributed by atoms with van der Waals surface area (Å²) in [6.07, 6.45) is 0. The van der Waals surface area contributed by atoms with Crippen LogP contribution in [0.3, 0.4) is 0 Å². The second kappa shape index (κ2) is 6.46. The molecule has 0 aliphatic carbocycles. The van der Waals surface area contributed by atoms with Gasteiger partial charge in [-0.25, -0.2) is 0 Å². The first-order chi connectivity index (χ1) is 10.3. The molecule has 3 heteroatoms. The SMILES string of the molecule is COc1cc(C[s+]2cccc2)c(C)cc1C[s+]1cccc1. The maximum absolute atomic E-state index is 5.64. The van der Waals surface area contributed by atoms with Crippen LogP contribution < -0.4 is 4.74 Å². The average Bonchev–Trinajstić information content (AvgIpc) is 3.15. The molecular weight excluding hydrogens is 296 g/mol. The quantitative estimate of drug-likeness (QED) is 0.557. The van der Waals surface area contributed by atoms with Gasteiger partial charge in [-0.2, -0.15) is 0 Å². The molecule has 0 N–H and O–H groups in total. The van der Waals surface area contributed by atoms with E-state index in [2.05, 4.69) is 64.8 Å². The van der Waals surface area contributed by atoms with Crippen molar-refractivity contribution in [1.82, 2.24) is 0 Å². The average molecular weight is 316 g/mol. The molecule has 1 nitrogen and oxygen atoms in total. The third-order valence-electron chi connectivity index (χ3n) is 3.62. The van der Waals surface area contributed by atoms with E-state index >= 15 is 0 Å². The lowest BCUT2D eigenvalue weighted by Crippen LogP contribution is -1.96. The molecule has 0 aliphatic heterocycles. The van der Waals surface area contributed by atoms with Crippen LogP contribution in [-0.4, -0.2) is 7.11 Å². The minimum Gasteiger partial charge on any atom is -0.496 e. The predicted molar refractivity (Wildman–Crippen MR) is 93.8 cm³/mol. The number of methoxy groups -OCH3 is 1. The molecule has 0 unspecified atom stereocenters. The Morgan fingerprint density at radius 3 is 1.86 bits per heavy atom. The fraction of sp³-hybridized carbons (Fsp3) is 0.222. The summed E-state index contributed by atoms with van der Waals surface area (Å²) in [7, 11) is 2.26. The van der Waals surface area contributed by atoms with Gasteiger partial charge in [-0.05, 0) is 69.8 Å². The lowest BCUT2D eigenvalue weighted by Gasteiger charge is -2.09. The summed E-state index contributed by atoms with van der Waals surface area (Å²) in [4.78, 5) is 0. The highest BCUT2D eigenvalue weighted by Crippen LogP contribution is 2.33. The summed E-state index contributed by atoms with van der Waals surface area (Å²) < 4.78 is 5.64. The molecule has 0 saturated carbocycles. The number of hydrogen-bond acceptors (Lipinski definition) is 1. The van der Waals surface area contributed by atoms with E-state index < -0.39 is 0 Å². The Bertz CT molecular complexity index is 697. The number of benzene rings is 1. The molecule has 108 valence electrons. The van der Waals surface area contributed by atoms with Crippen molar-refractivity contribution in [2.45, 2.75) is 18.4 Å². The first-order valence-electron chi connectivity index (χ1n) is 6.99. The molecule has 0 amide bonds. The van der Waals surface area contributed by atoms with E-state index in [9.17, 15) is 0 Å². The van der Waals surface area contributed by atoms with Crippen molar-refractivity contribution in [3.05, 3.63) is 74.6 Å². The molecule has 0 aliphatic rings. The largest absolute Gasteiger partial charge is 0.496 e. The number of aryl methyl sites for hydroxylation is 1. The van der Waals surface area contributed by atoms with Gasteiger partial charge in [0.15, 0.2) is 11.5 Å². The molecule has 2 heterocycles. The van der Waals surface area contributed by atoms with E-state index in [1.54, 1.807) is 7.11 Å². The minimum absolute atomic E-state index is 0.229.